The maximum absolute atomic E-state index is 13.6. The van der Waals surface area contributed by atoms with Gasteiger partial charge < -0.3 is 5.32 Å². The van der Waals surface area contributed by atoms with E-state index in [9.17, 15) is 13.2 Å². The van der Waals surface area contributed by atoms with Crippen LogP contribution in [0.1, 0.15) is 28.3 Å². The number of hydrogen-bond acceptors (Lipinski definition) is 3. The number of anilines is 1. The summed E-state index contributed by atoms with van der Waals surface area (Å²) in [4.78, 5) is 13.6. The van der Waals surface area contributed by atoms with Crippen LogP contribution in [0.4, 0.5) is 5.69 Å². The van der Waals surface area contributed by atoms with E-state index in [-0.39, 0.29) is 11.4 Å². The molecule has 4 aromatic carbocycles. The molecule has 0 bridgehead atoms. The number of sulfonamides is 1. The molecule has 35 heavy (non-hydrogen) atoms. The van der Waals surface area contributed by atoms with Crippen molar-refractivity contribution in [2.45, 2.75) is 24.8 Å². The zero-order valence-electron chi connectivity index (χ0n) is 19.8. The fraction of sp³-hybridized carbons (Fsp3) is 0.138. The summed E-state index contributed by atoms with van der Waals surface area (Å²) in [5.74, 6) is -0.401. The van der Waals surface area contributed by atoms with Crippen LogP contribution in [0.2, 0.25) is 0 Å². The van der Waals surface area contributed by atoms with E-state index in [1.165, 1.54) is 12.1 Å². The molecule has 0 heterocycles. The highest BCUT2D eigenvalue weighted by Crippen LogP contribution is 2.27. The Hall–Kier alpha value is -3.90. The predicted octanol–water partition coefficient (Wildman–Crippen LogP) is 5.40. The van der Waals surface area contributed by atoms with Crippen LogP contribution in [0, 0.1) is 13.8 Å². The Bertz CT molecular complexity index is 1390. The van der Waals surface area contributed by atoms with Crippen LogP contribution in [0.3, 0.4) is 0 Å². The van der Waals surface area contributed by atoms with E-state index in [0.717, 1.165) is 26.6 Å². The Morgan fingerprint density at radius 3 is 1.97 bits per heavy atom. The lowest BCUT2D eigenvalue weighted by molar-refractivity contribution is -0.120. The van der Waals surface area contributed by atoms with Crippen molar-refractivity contribution in [3.63, 3.8) is 0 Å². The molecule has 4 rings (SSSR count). The van der Waals surface area contributed by atoms with Crippen LogP contribution in [-0.4, -0.2) is 20.9 Å². The van der Waals surface area contributed by atoms with Gasteiger partial charge in [-0.2, -0.15) is 0 Å². The van der Waals surface area contributed by atoms with Crippen molar-refractivity contribution < 1.29 is 13.2 Å². The number of benzene rings is 4. The second kappa shape index (κ2) is 10.6. The molecule has 0 radical (unpaired) electrons. The maximum atomic E-state index is 13.6. The predicted molar refractivity (Wildman–Crippen MR) is 140 cm³/mol. The summed E-state index contributed by atoms with van der Waals surface area (Å²) < 4.78 is 28.3. The van der Waals surface area contributed by atoms with Gasteiger partial charge in [0.2, 0.25) is 5.91 Å². The molecule has 1 amide bonds. The summed E-state index contributed by atoms with van der Waals surface area (Å²) in [7, 11) is -3.96. The third-order valence-electron chi connectivity index (χ3n) is 5.88. The fourth-order valence-electron chi connectivity index (χ4n) is 3.98. The molecular formula is C29H28N2O3S. The van der Waals surface area contributed by atoms with Gasteiger partial charge in [0.15, 0.2) is 0 Å². The van der Waals surface area contributed by atoms with Crippen molar-refractivity contribution in [2.24, 2.45) is 0 Å². The van der Waals surface area contributed by atoms with Crippen molar-refractivity contribution >= 4 is 21.6 Å². The van der Waals surface area contributed by atoms with Crippen LogP contribution in [0.25, 0.3) is 0 Å². The molecule has 0 saturated heterocycles. The van der Waals surface area contributed by atoms with Gasteiger partial charge in [0.25, 0.3) is 10.0 Å². The van der Waals surface area contributed by atoms with E-state index in [1.807, 2.05) is 80.6 Å². The fourth-order valence-corrected chi connectivity index (χ4v) is 5.42. The third-order valence-corrected chi connectivity index (χ3v) is 7.67. The van der Waals surface area contributed by atoms with Crippen LogP contribution in [0.15, 0.2) is 114 Å². The lowest BCUT2D eigenvalue weighted by Gasteiger charge is -2.27. The molecule has 5 nitrogen and oxygen atoms in total. The zero-order chi connectivity index (χ0) is 24.8. The Labute approximate surface area is 207 Å². The van der Waals surface area contributed by atoms with E-state index < -0.39 is 22.0 Å². The second-order valence-electron chi connectivity index (χ2n) is 8.43. The molecule has 0 saturated carbocycles. The molecule has 0 spiro atoms. The number of aryl methyl sites for hydroxylation is 2. The Kier molecular flexibility index (Phi) is 7.32. The van der Waals surface area contributed by atoms with Gasteiger partial charge in [-0.25, -0.2) is 8.42 Å². The number of carbonyl (C=O) groups is 1. The Balaban J connectivity index is 1.69. The average Bonchev–Trinajstić information content (AvgIpc) is 2.88. The van der Waals surface area contributed by atoms with Crippen LogP contribution >= 0.6 is 0 Å². The number of amides is 1. The lowest BCUT2D eigenvalue weighted by atomic mass is 9.95. The van der Waals surface area contributed by atoms with Gasteiger partial charge in [0.05, 0.1) is 16.6 Å². The first-order valence-electron chi connectivity index (χ1n) is 11.4. The second-order valence-corrected chi connectivity index (χ2v) is 10.3. The number of carbonyl (C=O) groups excluding carboxylic acids is 1. The molecule has 6 heteroatoms. The largest absolute Gasteiger partial charge is 0.344 e. The molecular weight excluding hydrogens is 456 g/mol. The van der Waals surface area contributed by atoms with Gasteiger partial charge >= 0.3 is 0 Å². The van der Waals surface area contributed by atoms with E-state index in [2.05, 4.69) is 5.32 Å². The smallest absolute Gasteiger partial charge is 0.264 e. The first-order valence-corrected chi connectivity index (χ1v) is 12.8. The molecule has 4 aromatic rings. The quantitative estimate of drug-likeness (QED) is 0.364. The van der Waals surface area contributed by atoms with E-state index in [1.54, 1.807) is 30.3 Å². The van der Waals surface area contributed by atoms with Crippen LogP contribution in [0.5, 0.6) is 0 Å². The molecule has 0 aliphatic carbocycles. The van der Waals surface area contributed by atoms with Gasteiger partial charge in [-0.05, 0) is 54.8 Å². The minimum absolute atomic E-state index is 0.131. The molecule has 1 N–H and O–H groups in total. The van der Waals surface area contributed by atoms with Crippen molar-refractivity contribution in [3.05, 3.63) is 131 Å². The summed E-state index contributed by atoms with van der Waals surface area (Å²) in [6.45, 7) is 3.57. The minimum atomic E-state index is -3.96. The molecule has 1 atom stereocenters. The van der Waals surface area contributed by atoms with E-state index >= 15 is 0 Å². The average molecular weight is 485 g/mol. The highest BCUT2D eigenvalue weighted by molar-refractivity contribution is 7.92. The van der Waals surface area contributed by atoms with Gasteiger partial charge in [-0.15, -0.1) is 0 Å². The normalized spacial score (nSPS) is 12.1. The maximum Gasteiger partial charge on any atom is 0.264 e. The summed E-state index contributed by atoms with van der Waals surface area (Å²) in [6.07, 6.45) is 0. The summed E-state index contributed by atoms with van der Waals surface area (Å²) in [5.41, 5.74) is 4.34. The topological polar surface area (TPSA) is 66.5 Å². The minimum Gasteiger partial charge on any atom is -0.344 e. The number of nitrogens with zero attached hydrogens (tertiary/aromatic N) is 1. The third kappa shape index (κ3) is 5.61. The Morgan fingerprint density at radius 1 is 0.771 bits per heavy atom. The van der Waals surface area contributed by atoms with Gasteiger partial charge in [-0.1, -0.05) is 90.5 Å². The Morgan fingerprint density at radius 2 is 1.34 bits per heavy atom. The highest BCUT2D eigenvalue weighted by Gasteiger charge is 2.28. The van der Waals surface area contributed by atoms with Crippen molar-refractivity contribution in [2.75, 3.05) is 10.8 Å². The van der Waals surface area contributed by atoms with Crippen LogP contribution < -0.4 is 9.62 Å². The van der Waals surface area contributed by atoms with E-state index in [0.29, 0.717) is 5.69 Å². The standard InChI is InChI=1S/C29H28N2O3S/c1-22-17-19-25(20-18-22)31(35(33,34)26-14-7-4-8-15-26)21-28(32)30-29(24-12-5-3-6-13-24)27-16-10-9-11-23(27)2/h3-20,29H,21H2,1-2H3,(H,30,32)/t29-/m0/s1. The zero-order valence-corrected chi connectivity index (χ0v) is 20.6. The van der Waals surface area contributed by atoms with Gasteiger partial charge in [0.1, 0.15) is 6.54 Å². The summed E-state index contributed by atoms with van der Waals surface area (Å²) >= 11 is 0. The first kappa shape index (κ1) is 24.2. The molecule has 0 aromatic heterocycles. The molecule has 0 aliphatic heterocycles. The summed E-state index contributed by atoms with van der Waals surface area (Å²) in [5, 5.41) is 3.08. The van der Waals surface area contributed by atoms with Crippen molar-refractivity contribution in [3.8, 4) is 0 Å². The summed E-state index contributed by atoms with van der Waals surface area (Å²) in [6, 6.07) is 32.4. The highest BCUT2D eigenvalue weighted by atomic mass is 32.2. The van der Waals surface area contributed by atoms with Crippen molar-refractivity contribution in [1.29, 1.82) is 0 Å². The van der Waals surface area contributed by atoms with Crippen molar-refractivity contribution in [1.82, 2.24) is 5.32 Å². The molecule has 0 unspecified atom stereocenters. The number of nitrogens with one attached hydrogen (secondary N) is 1. The first-order chi connectivity index (χ1) is 16.9. The number of rotatable bonds is 8. The molecule has 0 aliphatic rings. The lowest BCUT2D eigenvalue weighted by Crippen LogP contribution is -2.42. The van der Waals surface area contributed by atoms with Crippen LogP contribution in [-0.2, 0) is 14.8 Å². The van der Waals surface area contributed by atoms with E-state index in [4.69, 9.17) is 0 Å². The molecule has 178 valence electrons. The number of hydrogen-bond donors (Lipinski definition) is 1. The van der Waals surface area contributed by atoms with Gasteiger partial charge in [-0.3, -0.25) is 9.10 Å². The van der Waals surface area contributed by atoms with Gasteiger partial charge in [0, 0.05) is 0 Å². The SMILES string of the molecule is Cc1ccc(N(CC(=O)N[C@@H](c2ccccc2)c2ccccc2C)S(=O)(=O)c2ccccc2)cc1. The monoisotopic (exact) mass is 484 g/mol. The molecule has 0 fully saturated rings.